The lowest BCUT2D eigenvalue weighted by atomic mass is 9.99. The summed E-state index contributed by atoms with van der Waals surface area (Å²) in [6, 6.07) is 9.79. The molecule has 1 aliphatic heterocycles. The smallest absolute Gasteiger partial charge is 0.310 e. The number of rotatable bonds is 4. The highest BCUT2D eigenvalue weighted by Gasteiger charge is 2.42. The molecule has 0 spiro atoms. The van der Waals surface area contributed by atoms with Crippen molar-refractivity contribution in [3.8, 4) is 11.5 Å². The van der Waals surface area contributed by atoms with E-state index in [2.05, 4.69) is 0 Å². The largest absolute Gasteiger partial charge is 0.506 e. The van der Waals surface area contributed by atoms with Crippen molar-refractivity contribution < 1.29 is 33.7 Å². The van der Waals surface area contributed by atoms with Crippen molar-refractivity contribution >= 4 is 34.2 Å². The number of halogens is 1. The minimum absolute atomic E-state index is 0.0465. The van der Waals surface area contributed by atoms with Gasteiger partial charge in [0.15, 0.2) is 0 Å². The van der Waals surface area contributed by atoms with Crippen LogP contribution in [0, 0.1) is 5.82 Å². The van der Waals surface area contributed by atoms with Gasteiger partial charge in [0.1, 0.15) is 17.3 Å². The number of carbonyl (C=O) groups is 3. The van der Waals surface area contributed by atoms with Crippen LogP contribution < -0.4 is 4.90 Å². The zero-order chi connectivity index (χ0) is 21.6. The van der Waals surface area contributed by atoms with Crippen LogP contribution in [0.15, 0.2) is 42.5 Å². The zero-order valence-corrected chi connectivity index (χ0v) is 15.8. The first kappa shape index (κ1) is 19.4. The van der Waals surface area contributed by atoms with Gasteiger partial charge in [0, 0.05) is 10.8 Å². The van der Waals surface area contributed by atoms with Crippen LogP contribution in [0.1, 0.15) is 33.2 Å². The van der Waals surface area contributed by atoms with E-state index < -0.39 is 35.1 Å². The highest BCUT2D eigenvalue weighted by atomic mass is 19.1. The van der Waals surface area contributed by atoms with Crippen LogP contribution in [-0.2, 0) is 16.0 Å². The van der Waals surface area contributed by atoms with Gasteiger partial charge in [0.05, 0.1) is 29.8 Å². The van der Waals surface area contributed by atoms with Gasteiger partial charge < -0.3 is 14.9 Å². The van der Waals surface area contributed by atoms with Gasteiger partial charge in [-0.15, -0.1) is 0 Å². The molecule has 4 rings (SSSR count). The normalized spacial score (nSPS) is 13.1. The highest BCUT2D eigenvalue weighted by Crippen LogP contribution is 2.44. The standard InChI is InChI=1S/C22H16FNO6/c1-2-30-16(25)9-11-7-8-12(10-15(11)23)24-21(28)17-18(22(24)29)20(27)14-6-4-3-5-13(14)19(17)26/h3-8,10,26-27H,2,9H2,1H3. The third-order valence-electron chi connectivity index (χ3n) is 4.93. The van der Waals surface area contributed by atoms with Gasteiger partial charge in [-0.25, -0.2) is 9.29 Å². The van der Waals surface area contributed by atoms with Crippen molar-refractivity contribution in [1.82, 2.24) is 0 Å². The van der Waals surface area contributed by atoms with Gasteiger partial charge in [0.25, 0.3) is 11.8 Å². The van der Waals surface area contributed by atoms with Gasteiger partial charge in [-0.2, -0.15) is 0 Å². The molecule has 8 heteroatoms. The third kappa shape index (κ3) is 2.85. The first-order valence-corrected chi connectivity index (χ1v) is 9.14. The molecule has 1 aliphatic rings. The molecule has 0 fully saturated rings. The minimum atomic E-state index is -0.883. The Kier molecular flexibility index (Phi) is 4.62. The van der Waals surface area contributed by atoms with Gasteiger partial charge >= 0.3 is 5.97 Å². The lowest BCUT2D eigenvalue weighted by molar-refractivity contribution is -0.142. The number of hydrogen-bond acceptors (Lipinski definition) is 6. The fourth-order valence-corrected chi connectivity index (χ4v) is 3.56. The van der Waals surface area contributed by atoms with Crippen LogP contribution in [0.3, 0.4) is 0 Å². The Morgan fingerprint density at radius 2 is 1.57 bits per heavy atom. The summed E-state index contributed by atoms with van der Waals surface area (Å²) in [5.74, 6) is -4.03. The van der Waals surface area contributed by atoms with Gasteiger partial charge in [-0.05, 0) is 24.6 Å². The minimum Gasteiger partial charge on any atom is -0.506 e. The molecule has 0 saturated heterocycles. The molecule has 152 valence electrons. The van der Waals surface area contributed by atoms with E-state index in [1.807, 2.05) is 0 Å². The van der Waals surface area contributed by atoms with Crippen molar-refractivity contribution in [2.75, 3.05) is 11.5 Å². The van der Waals surface area contributed by atoms with Crippen LogP contribution in [-0.4, -0.2) is 34.6 Å². The Labute approximate surface area is 169 Å². The molecule has 0 radical (unpaired) electrons. The summed E-state index contributed by atoms with van der Waals surface area (Å²) in [6.07, 6.45) is -0.297. The molecular formula is C22H16FNO6. The topological polar surface area (TPSA) is 104 Å². The maximum Gasteiger partial charge on any atom is 0.310 e. The Hall–Kier alpha value is -3.94. The van der Waals surface area contributed by atoms with Crippen LogP contribution in [0.2, 0.25) is 0 Å². The molecule has 3 aromatic rings. The predicted molar refractivity (Wildman–Crippen MR) is 105 cm³/mol. The fraction of sp³-hybridized carbons (Fsp3) is 0.136. The zero-order valence-electron chi connectivity index (χ0n) is 15.8. The molecule has 0 aromatic heterocycles. The van der Waals surface area contributed by atoms with Crippen molar-refractivity contribution in [2.45, 2.75) is 13.3 Å². The quantitative estimate of drug-likeness (QED) is 0.389. The number of esters is 1. The van der Waals surface area contributed by atoms with Gasteiger partial charge in [-0.3, -0.25) is 14.4 Å². The summed E-state index contributed by atoms with van der Waals surface area (Å²) in [5, 5.41) is 21.6. The number of nitrogens with zero attached hydrogens (tertiary/aromatic N) is 1. The number of fused-ring (bicyclic) bond motifs is 2. The number of amides is 2. The monoisotopic (exact) mass is 409 g/mol. The third-order valence-corrected chi connectivity index (χ3v) is 4.93. The molecule has 2 N–H and O–H groups in total. The van der Waals surface area contributed by atoms with Crippen molar-refractivity contribution in [3.05, 3.63) is 65.0 Å². The Balaban J connectivity index is 1.77. The number of anilines is 1. The maximum atomic E-state index is 14.5. The number of imide groups is 1. The molecular weight excluding hydrogens is 393 g/mol. The number of carbonyl (C=O) groups excluding carboxylic acids is 3. The summed E-state index contributed by atoms with van der Waals surface area (Å²) < 4.78 is 19.3. The number of phenols is 2. The van der Waals surface area contributed by atoms with E-state index >= 15 is 0 Å². The summed E-state index contributed by atoms with van der Waals surface area (Å²) in [4.78, 5) is 38.1. The number of phenolic OH excluding ortho intramolecular Hbond substituents is 2. The number of benzene rings is 3. The van der Waals surface area contributed by atoms with E-state index in [9.17, 15) is 29.0 Å². The van der Waals surface area contributed by atoms with Crippen molar-refractivity contribution in [3.63, 3.8) is 0 Å². The molecule has 3 aromatic carbocycles. The molecule has 30 heavy (non-hydrogen) atoms. The molecule has 1 heterocycles. The lowest BCUT2D eigenvalue weighted by Gasteiger charge is -2.15. The molecule has 0 unspecified atom stereocenters. The Morgan fingerprint density at radius 3 is 2.07 bits per heavy atom. The summed E-state index contributed by atoms with van der Waals surface area (Å²) in [5.41, 5.74) is -0.723. The van der Waals surface area contributed by atoms with E-state index in [0.717, 1.165) is 6.07 Å². The van der Waals surface area contributed by atoms with E-state index in [0.29, 0.717) is 4.90 Å². The molecule has 7 nitrogen and oxygen atoms in total. The van der Waals surface area contributed by atoms with Gasteiger partial charge in [0.2, 0.25) is 0 Å². The van der Waals surface area contributed by atoms with E-state index in [1.165, 1.54) is 24.3 Å². The molecule has 0 aliphatic carbocycles. The average Bonchev–Trinajstić information content (AvgIpc) is 2.98. The first-order valence-electron chi connectivity index (χ1n) is 9.14. The lowest BCUT2D eigenvalue weighted by Crippen LogP contribution is -2.29. The molecule has 0 bridgehead atoms. The molecule has 2 amide bonds. The average molecular weight is 409 g/mol. The summed E-state index contributed by atoms with van der Waals surface area (Å²) in [6.45, 7) is 1.79. The first-order chi connectivity index (χ1) is 14.3. The van der Waals surface area contributed by atoms with Gasteiger partial charge in [-0.1, -0.05) is 30.3 Å². The second kappa shape index (κ2) is 7.14. The van der Waals surface area contributed by atoms with E-state index in [-0.39, 0.29) is 46.2 Å². The van der Waals surface area contributed by atoms with Crippen molar-refractivity contribution in [1.29, 1.82) is 0 Å². The molecule has 0 atom stereocenters. The number of aromatic hydroxyl groups is 2. The van der Waals surface area contributed by atoms with Crippen LogP contribution in [0.4, 0.5) is 10.1 Å². The SMILES string of the molecule is CCOC(=O)Cc1ccc(N2C(=O)c3c(c(O)c4ccccc4c3O)C2=O)cc1F. The van der Waals surface area contributed by atoms with Crippen LogP contribution in [0.5, 0.6) is 11.5 Å². The highest BCUT2D eigenvalue weighted by molar-refractivity contribution is 6.37. The number of hydrogen-bond donors (Lipinski definition) is 2. The fourth-order valence-electron chi connectivity index (χ4n) is 3.56. The second-order valence-electron chi connectivity index (χ2n) is 6.70. The Morgan fingerprint density at radius 1 is 1.00 bits per heavy atom. The van der Waals surface area contributed by atoms with Crippen LogP contribution >= 0.6 is 0 Å². The van der Waals surface area contributed by atoms with Crippen LogP contribution in [0.25, 0.3) is 10.8 Å². The van der Waals surface area contributed by atoms with E-state index in [4.69, 9.17) is 4.74 Å². The summed E-state index contributed by atoms with van der Waals surface area (Å²) in [7, 11) is 0. The Bertz CT molecular complexity index is 1180. The maximum absolute atomic E-state index is 14.5. The summed E-state index contributed by atoms with van der Waals surface area (Å²) >= 11 is 0. The number of ether oxygens (including phenoxy) is 1. The van der Waals surface area contributed by atoms with Crippen molar-refractivity contribution in [2.24, 2.45) is 0 Å². The predicted octanol–water partition coefficient (Wildman–Crippen LogP) is 3.30. The second-order valence-corrected chi connectivity index (χ2v) is 6.70. The van der Waals surface area contributed by atoms with E-state index in [1.54, 1.807) is 19.1 Å². The molecule has 0 saturated carbocycles.